The second kappa shape index (κ2) is 6.80. The Hall–Kier alpha value is -1.01. The minimum absolute atomic E-state index is 0.0751. The van der Waals surface area contributed by atoms with Crippen molar-refractivity contribution in [3.8, 4) is 0 Å². The van der Waals surface area contributed by atoms with E-state index in [0.717, 1.165) is 5.75 Å². The maximum Gasteiger partial charge on any atom is 0.305 e. The summed E-state index contributed by atoms with van der Waals surface area (Å²) >= 11 is 3.20. The topological polar surface area (TPSA) is 66.4 Å². The monoisotopic (exact) mass is 287 g/mol. The SMILES string of the molecule is CC(C)(CC(=O)O)NC(=O)CSCc1cccs1. The van der Waals surface area contributed by atoms with Gasteiger partial charge < -0.3 is 10.4 Å². The lowest BCUT2D eigenvalue weighted by Gasteiger charge is -2.24. The largest absolute Gasteiger partial charge is 0.481 e. The Morgan fingerprint density at radius 2 is 2.22 bits per heavy atom. The van der Waals surface area contributed by atoms with Gasteiger partial charge in [-0.25, -0.2) is 0 Å². The number of rotatable bonds is 7. The van der Waals surface area contributed by atoms with Crippen LogP contribution >= 0.6 is 23.1 Å². The molecule has 0 aliphatic rings. The Morgan fingerprint density at radius 1 is 1.50 bits per heavy atom. The molecule has 2 N–H and O–H groups in total. The fraction of sp³-hybridized carbons (Fsp3) is 0.500. The third kappa shape index (κ3) is 6.07. The van der Waals surface area contributed by atoms with Gasteiger partial charge in [0, 0.05) is 16.2 Å². The Labute approximate surface area is 115 Å². The molecule has 0 aliphatic carbocycles. The van der Waals surface area contributed by atoms with Gasteiger partial charge in [-0.1, -0.05) is 6.07 Å². The summed E-state index contributed by atoms with van der Waals surface area (Å²) in [6.45, 7) is 3.42. The number of thiophene rings is 1. The molecule has 0 aromatic carbocycles. The third-order valence-corrected chi connectivity index (χ3v) is 4.17. The lowest BCUT2D eigenvalue weighted by molar-refractivity contribution is -0.138. The van der Waals surface area contributed by atoms with Gasteiger partial charge in [-0.3, -0.25) is 9.59 Å². The summed E-state index contributed by atoms with van der Waals surface area (Å²) in [6, 6.07) is 4.01. The van der Waals surface area contributed by atoms with Crippen molar-refractivity contribution in [1.29, 1.82) is 0 Å². The van der Waals surface area contributed by atoms with Crippen LogP contribution in [0.15, 0.2) is 17.5 Å². The number of carboxylic acid groups (broad SMARTS) is 1. The van der Waals surface area contributed by atoms with Crippen molar-refractivity contribution >= 4 is 35.0 Å². The molecule has 0 bridgehead atoms. The van der Waals surface area contributed by atoms with E-state index < -0.39 is 11.5 Å². The highest BCUT2D eigenvalue weighted by atomic mass is 32.2. The second-order valence-electron chi connectivity index (χ2n) is 4.57. The number of carbonyl (C=O) groups excluding carboxylic acids is 1. The van der Waals surface area contributed by atoms with E-state index in [4.69, 9.17) is 5.11 Å². The minimum Gasteiger partial charge on any atom is -0.481 e. The maximum absolute atomic E-state index is 11.6. The van der Waals surface area contributed by atoms with Crippen LogP contribution < -0.4 is 5.32 Å². The molecule has 0 spiro atoms. The molecule has 1 heterocycles. The zero-order valence-corrected chi connectivity index (χ0v) is 12.1. The van der Waals surface area contributed by atoms with Gasteiger partial charge in [-0.2, -0.15) is 0 Å². The van der Waals surface area contributed by atoms with Gasteiger partial charge in [0.15, 0.2) is 0 Å². The van der Waals surface area contributed by atoms with Gasteiger partial charge in [0.1, 0.15) is 0 Å². The molecule has 0 saturated heterocycles. The number of carbonyl (C=O) groups is 2. The Bertz CT molecular complexity index is 401. The molecule has 1 rings (SSSR count). The van der Waals surface area contributed by atoms with Crippen molar-refractivity contribution in [2.45, 2.75) is 31.6 Å². The molecule has 1 amide bonds. The van der Waals surface area contributed by atoms with Gasteiger partial charge in [-0.15, -0.1) is 23.1 Å². The van der Waals surface area contributed by atoms with Gasteiger partial charge >= 0.3 is 5.97 Å². The predicted octanol–water partition coefficient (Wildman–Crippen LogP) is 2.35. The molecule has 0 unspecified atom stereocenters. The first-order chi connectivity index (χ1) is 8.39. The first-order valence-corrected chi connectivity index (χ1v) is 7.55. The molecule has 0 saturated carbocycles. The van der Waals surface area contributed by atoms with Gasteiger partial charge in [0.25, 0.3) is 0 Å². The first-order valence-electron chi connectivity index (χ1n) is 5.52. The van der Waals surface area contributed by atoms with E-state index in [1.165, 1.54) is 16.6 Å². The molecule has 1 aromatic heterocycles. The van der Waals surface area contributed by atoms with Crippen LogP contribution in [0.1, 0.15) is 25.1 Å². The molecular formula is C12H17NO3S2. The Balaban J connectivity index is 2.26. The van der Waals surface area contributed by atoms with Gasteiger partial charge in [0.2, 0.25) is 5.91 Å². The molecule has 0 atom stereocenters. The summed E-state index contributed by atoms with van der Waals surface area (Å²) < 4.78 is 0. The molecule has 1 aromatic rings. The number of hydrogen-bond donors (Lipinski definition) is 2. The molecule has 0 radical (unpaired) electrons. The molecule has 0 aliphatic heterocycles. The van der Waals surface area contributed by atoms with E-state index in [-0.39, 0.29) is 12.3 Å². The van der Waals surface area contributed by atoms with Crippen LogP contribution in [0.4, 0.5) is 0 Å². The summed E-state index contributed by atoms with van der Waals surface area (Å²) in [5, 5.41) is 13.4. The Morgan fingerprint density at radius 3 is 2.78 bits per heavy atom. The normalized spacial score (nSPS) is 11.2. The first kappa shape index (κ1) is 15.0. The van der Waals surface area contributed by atoms with E-state index >= 15 is 0 Å². The number of nitrogens with one attached hydrogen (secondary N) is 1. The quantitative estimate of drug-likeness (QED) is 0.808. The molecule has 0 fully saturated rings. The highest BCUT2D eigenvalue weighted by Crippen LogP contribution is 2.17. The van der Waals surface area contributed by atoms with Crippen molar-refractivity contribution in [2.75, 3.05) is 5.75 Å². The molecular weight excluding hydrogens is 270 g/mol. The average molecular weight is 287 g/mol. The standard InChI is InChI=1S/C12H17NO3S2/c1-12(2,6-11(15)16)13-10(14)8-17-7-9-4-3-5-18-9/h3-5H,6-8H2,1-2H3,(H,13,14)(H,15,16). The van der Waals surface area contributed by atoms with Crippen LogP contribution in [0.5, 0.6) is 0 Å². The predicted molar refractivity (Wildman–Crippen MR) is 75.0 cm³/mol. The second-order valence-corrected chi connectivity index (χ2v) is 6.59. The maximum atomic E-state index is 11.6. The molecule has 4 nitrogen and oxygen atoms in total. The van der Waals surface area contributed by atoms with E-state index in [1.807, 2.05) is 17.5 Å². The fourth-order valence-electron chi connectivity index (χ4n) is 1.47. The zero-order chi connectivity index (χ0) is 13.6. The number of aliphatic carboxylic acids is 1. The highest BCUT2D eigenvalue weighted by Gasteiger charge is 2.23. The van der Waals surface area contributed by atoms with Crippen molar-refractivity contribution in [1.82, 2.24) is 5.32 Å². The highest BCUT2D eigenvalue weighted by molar-refractivity contribution is 7.99. The summed E-state index contributed by atoms with van der Waals surface area (Å²) in [5.41, 5.74) is -0.702. The lowest BCUT2D eigenvalue weighted by atomic mass is 10.0. The van der Waals surface area contributed by atoms with Crippen molar-refractivity contribution in [3.05, 3.63) is 22.4 Å². The summed E-state index contributed by atoms with van der Waals surface area (Å²) in [4.78, 5) is 23.5. The minimum atomic E-state index is -0.911. The number of amides is 1. The fourth-order valence-corrected chi connectivity index (χ4v) is 3.14. The number of carboxylic acids is 1. The van der Waals surface area contributed by atoms with Gasteiger partial charge in [0.05, 0.1) is 12.2 Å². The summed E-state index contributed by atoms with van der Waals surface area (Å²) in [7, 11) is 0. The van der Waals surface area contributed by atoms with Crippen LogP contribution in [-0.4, -0.2) is 28.3 Å². The molecule has 18 heavy (non-hydrogen) atoms. The Kier molecular flexibility index (Phi) is 5.68. The summed E-state index contributed by atoms with van der Waals surface area (Å²) in [5.74, 6) is 0.125. The number of thioether (sulfide) groups is 1. The van der Waals surface area contributed by atoms with Crippen molar-refractivity contribution in [2.24, 2.45) is 0 Å². The van der Waals surface area contributed by atoms with Crippen LogP contribution in [0.2, 0.25) is 0 Å². The molecule has 100 valence electrons. The molecule has 6 heteroatoms. The zero-order valence-electron chi connectivity index (χ0n) is 10.4. The van der Waals surface area contributed by atoms with E-state index in [9.17, 15) is 9.59 Å². The van der Waals surface area contributed by atoms with Crippen molar-refractivity contribution in [3.63, 3.8) is 0 Å². The average Bonchev–Trinajstić information content (AvgIpc) is 2.66. The van der Waals surface area contributed by atoms with Crippen LogP contribution in [0.3, 0.4) is 0 Å². The van der Waals surface area contributed by atoms with E-state index in [2.05, 4.69) is 5.32 Å². The lowest BCUT2D eigenvalue weighted by Crippen LogP contribution is -2.45. The number of hydrogen-bond acceptors (Lipinski definition) is 4. The smallest absolute Gasteiger partial charge is 0.305 e. The van der Waals surface area contributed by atoms with Crippen LogP contribution in [-0.2, 0) is 15.3 Å². The van der Waals surface area contributed by atoms with Crippen molar-refractivity contribution < 1.29 is 14.7 Å². The van der Waals surface area contributed by atoms with Crippen LogP contribution in [0.25, 0.3) is 0 Å². The van der Waals surface area contributed by atoms with E-state index in [0.29, 0.717) is 5.75 Å². The summed E-state index contributed by atoms with van der Waals surface area (Å²) in [6.07, 6.45) is -0.0751. The van der Waals surface area contributed by atoms with E-state index in [1.54, 1.807) is 25.2 Å². The third-order valence-electron chi connectivity index (χ3n) is 2.13. The van der Waals surface area contributed by atoms with Gasteiger partial charge in [-0.05, 0) is 25.3 Å². The van der Waals surface area contributed by atoms with Crippen LogP contribution in [0, 0.1) is 0 Å².